The first kappa shape index (κ1) is 24.6. The van der Waals surface area contributed by atoms with Crippen LogP contribution in [0, 0.1) is 0 Å². The van der Waals surface area contributed by atoms with Crippen molar-refractivity contribution in [1.29, 1.82) is 0 Å². The van der Waals surface area contributed by atoms with Gasteiger partial charge in [-0.1, -0.05) is 32.0 Å². The number of alkyl halides is 3. The monoisotopic (exact) mass is 489 g/mol. The van der Waals surface area contributed by atoms with Gasteiger partial charge in [-0.05, 0) is 29.3 Å². The molecule has 0 bridgehead atoms. The van der Waals surface area contributed by atoms with E-state index < -0.39 is 17.2 Å². The van der Waals surface area contributed by atoms with Crippen molar-refractivity contribution in [1.82, 2.24) is 10.2 Å². The van der Waals surface area contributed by atoms with E-state index in [1.54, 1.807) is 44.3 Å². The number of aromatic amines is 1. The highest BCUT2D eigenvalue weighted by Crippen LogP contribution is 2.40. The maximum absolute atomic E-state index is 13.8. The molecule has 0 spiro atoms. The molecule has 1 atom stereocenters. The predicted molar refractivity (Wildman–Crippen MR) is 123 cm³/mol. The molecule has 1 aliphatic heterocycles. The van der Waals surface area contributed by atoms with Crippen LogP contribution in [0.2, 0.25) is 0 Å². The molecule has 3 aromatic rings. The van der Waals surface area contributed by atoms with E-state index >= 15 is 0 Å². The van der Waals surface area contributed by atoms with Crippen molar-refractivity contribution >= 4 is 11.7 Å². The molecule has 1 aromatic heterocycles. The Morgan fingerprint density at radius 1 is 1.14 bits per heavy atom. The maximum Gasteiger partial charge on any atom is 0.416 e. The number of rotatable bonds is 7. The van der Waals surface area contributed by atoms with Crippen LogP contribution in [0.1, 0.15) is 54.0 Å². The van der Waals surface area contributed by atoms with Crippen molar-refractivity contribution in [2.45, 2.75) is 44.4 Å². The number of H-pyrrole nitrogens is 1. The average molecular weight is 489 g/mol. The number of ether oxygens (including phenoxy) is 2. The van der Waals surface area contributed by atoms with Crippen molar-refractivity contribution < 1.29 is 32.5 Å². The Hall–Kier alpha value is -3.53. The highest BCUT2D eigenvalue weighted by Gasteiger charge is 2.35. The smallest absolute Gasteiger partial charge is 0.416 e. The number of methoxy groups -OCH3 is 1. The van der Waals surface area contributed by atoms with E-state index in [0.29, 0.717) is 17.1 Å². The summed E-state index contributed by atoms with van der Waals surface area (Å²) in [6, 6.07) is 9.10. The van der Waals surface area contributed by atoms with Gasteiger partial charge in [0.05, 0.1) is 19.3 Å². The largest absolute Gasteiger partial charge is 0.493 e. The standard InChI is InChI=1S/C25H26F3N3O4/c1-24(2,13-32)16-6-4-15(19(9-16)25(26,27)28)12-35-20-7-5-14(8-21(20)34-3)17-10-22(33)30-23-18(17)11-29-31-23/h4-9,11,17,32H,10,12-13H2,1-3H3,(H2,29,30,31,33)/t17-/m0/s1. The van der Waals surface area contributed by atoms with Gasteiger partial charge in [0.1, 0.15) is 6.61 Å². The number of hydrogen-bond donors (Lipinski definition) is 3. The number of carbonyl (C=O) groups is 1. The highest BCUT2D eigenvalue weighted by atomic mass is 19.4. The third-order valence-corrected chi connectivity index (χ3v) is 6.26. The van der Waals surface area contributed by atoms with Gasteiger partial charge in [0.2, 0.25) is 5.91 Å². The molecule has 2 heterocycles. The molecule has 10 heteroatoms. The third-order valence-electron chi connectivity index (χ3n) is 6.26. The molecular formula is C25H26F3N3O4. The summed E-state index contributed by atoms with van der Waals surface area (Å²) in [4.78, 5) is 12.1. The fraction of sp³-hybridized carbons (Fsp3) is 0.360. The zero-order chi connectivity index (χ0) is 25.4. The van der Waals surface area contributed by atoms with Crippen molar-refractivity contribution in [3.05, 3.63) is 70.4 Å². The second-order valence-corrected chi connectivity index (χ2v) is 9.10. The number of hydrogen-bond acceptors (Lipinski definition) is 5. The molecule has 0 unspecified atom stereocenters. The van der Waals surface area contributed by atoms with E-state index in [1.807, 2.05) is 0 Å². The van der Waals surface area contributed by atoms with Gasteiger partial charge in [0.15, 0.2) is 17.3 Å². The predicted octanol–water partition coefficient (Wildman–Crippen LogP) is 4.76. The molecule has 3 N–H and O–H groups in total. The Morgan fingerprint density at radius 3 is 2.60 bits per heavy atom. The van der Waals surface area contributed by atoms with Crippen LogP contribution in [-0.2, 0) is 23.0 Å². The number of anilines is 1. The number of halogens is 3. The minimum atomic E-state index is -4.59. The summed E-state index contributed by atoms with van der Waals surface area (Å²) >= 11 is 0. The second-order valence-electron chi connectivity index (χ2n) is 9.10. The summed E-state index contributed by atoms with van der Waals surface area (Å²) in [7, 11) is 1.44. The van der Waals surface area contributed by atoms with Crippen molar-refractivity contribution in [2.75, 3.05) is 19.0 Å². The normalized spacial score (nSPS) is 16.0. The first-order valence-corrected chi connectivity index (χ1v) is 11.0. The Morgan fingerprint density at radius 2 is 1.91 bits per heavy atom. The summed E-state index contributed by atoms with van der Waals surface area (Å²) in [6.07, 6.45) is -2.64. The summed E-state index contributed by atoms with van der Waals surface area (Å²) in [5.41, 5.74) is 0.344. The van der Waals surface area contributed by atoms with Gasteiger partial charge in [-0.25, -0.2) is 0 Å². The van der Waals surface area contributed by atoms with E-state index in [0.717, 1.165) is 17.2 Å². The number of nitrogens with one attached hydrogen (secondary N) is 2. The number of carbonyl (C=O) groups excluding carboxylic acids is 1. The Balaban J connectivity index is 1.60. The number of aliphatic hydroxyl groups is 1. The van der Waals surface area contributed by atoms with Crippen LogP contribution in [-0.4, -0.2) is 34.9 Å². The lowest BCUT2D eigenvalue weighted by atomic mass is 9.84. The average Bonchev–Trinajstić information content (AvgIpc) is 3.29. The van der Waals surface area contributed by atoms with Gasteiger partial charge >= 0.3 is 6.18 Å². The van der Waals surface area contributed by atoms with Crippen molar-refractivity contribution in [3.8, 4) is 11.5 Å². The van der Waals surface area contributed by atoms with E-state index in [4.69, 9.17) is 9.47 Å². The fourth-order valence-corrected chi connectivity index (χ4v) is 4.10. The highest BCUT2D eigenvalue weighted by molar-refractivity contribution is 5.94. The van der Waals surface area contributed by atoms with E-state index in [2.05, 4.69) is 15.5 Å². The van der Waals surface area contributed by atoms with Gasteiger partial charge in [0.25, 0.3) is 0 Å². The van der Waals surface area contributed by atoms with Crippen LogP contribution in [0.25, 0.3) is 0 Å². The zero-order valence-corrected chi connectivity index (χ0v) is 19.5. The molecule has 1 aliphatic rings. The molecule has 0 aliphatic carbocycles. The minimum absolute atomic E-state index is 0.0342. The van der Waals surface area contributed by atoms with Crippen LogP contribution in [0.5, 0.6) is 11.5 Å². The van der Waals surface area contributed by atoms with Crippen LogP contribution >= 0.6 is 0 Å². The number of aromatic nitrogens is 2. The number of fused-ring (bicyclic) bond motifs is 1. The zero-order valence-electron chi connectivity index (χ0n) is 19.5. The molecule has 186 valence electrons. The van der Waals surface area contributed by atoms with Crippen molar-refractivity contribution in [2.24, 2.45) is 0 Å². The summed E-state index contributed by atoms with van der Waals surface area (Å²) in [5, 5.41) is 19.0. The molecule has 0 radical (unpaired) electrons. The summed E-state index contributed by atoms with van der Waals surface area (Å²) in [5.74, 6) is 0.668. The van der Waals surface area contributed by atoms with Gasteiger partial charge in [-0.3, -0.25) is 9.89 Å². The fourth-order valence-electron chi connectivity index (χ4n) is 4.10. The third kappa shape index (κ3) is 4.97. The molecule has 35 heavy (non-hydrogen) atoms. The van der Waals surface area contributed by atoms with Crippen LogP contribution in [0.15, 0.2) is 42.6 Å². The molecule has 0 saturated heterocycles. The van der Waals surface area contributed by atoms with Crippen molar-refractivity contribution in [3.63, 3.8) is 0 Å². The molecule has 0 fully saturated rings. The minimum Gasteiger partial charge on any atom is -0.493 e. The summed E-state index contributed by atoms with van der Waals surface area (Å²) < 4.78 is 52.6. The number of aliphatic hydroxyl groups excluding tert-OH is 1. The number of amides is 1. The lowest BCUT2D eigenvalue weighted by molar-refractivity contribution is -0.138. The molecule has 4 rings (SSSR count). The molecule has 2 aromatic carbocycles. The van der Waals surface area contributed by atoms with E-state index in [-0.39, 0.29) is 42.8 Å². The summed E-state index contributed by atoms with van der Waals surface area (Å²) in [6.45, 7) is 2.73. The molecule has 0 saturated carbocycles. The molecule has 7 nitrogen and oxygen atoms in total. The number of nitrogens with zero attached hydrogens (tertiary/aromatic N) is 1. The Kier molecular flexibility index (Phi) is 6.50. The first-order valence-electron chi connectivity index (χ1n) is 11.0. The lowest BCUT2D eigenvalue weighted by Gasteiger charge is -2.25. The molecule has 1 amide bonds. The Labute approximate surface area is 200 Å². The molecular weight excluding hydrogens is 463 g/mol. The Bertz CT molecular complexity index is 1240. The quantitative estimate of drug-likeness (QED) is 0.445. The van der Waals surface area contributed by atoms with Gasteiger partial charge in [-0.2, -0.15) is 18.3 Å². The van der Waals surface area contributed by atoms with Crippen LogP contribution in [0.4, 0.5) is 19.0 Å². The van der Waals surface area contributed by atoms with Crippen LogP contribution in [0.3, 0.4) is 0 Å². The van der Waals surface area contributed by atoms with Gasteiger partial charge < -0.3 is 19.9 Å². The second kappa shape index (κ2) is 9.26. The van der Waals surface area contributed by atoms with Crippen LogP contribution < -0.4 is 14.8 Å². The number of benzene rings is 2. The SMILES string of the molecule is COc1cc([C@@H]2CC(=O)Nc3n[nH]cc32)ccc1OCc1ccc(C(C)(C)CO)cc1C(F)(F)F. The van der Waals surface area contributed by atoms with E-state index in [1.165, 1.54) is 13.2 Å². The van der Waals surface area contributed by atoms with E-state index in [9.17, 15) is 23.1 Å². The maximum atomic E-state index is 13.8. The van der Waals surface area contributed by atoms with Gasteiger partial charge in [-0.15, -0.1) is 0 Å². The lowest BCUT2D eigenvalue weighted by Crippen LogP contribution is -2.23. The van der Waals surface area contributed by atoms with Gasteiger partial charge in [0, 0.05) is 35.1 Å². The first-order chi connectivity index (χ1) is 16.5. The topological polar surface area (TPSA) is 96.5 Å².